The number of hydrogen-bond acceptors (Lipinski definition) is 7. The highest BCUT2D eigenvalue weighted by Crippen LogP contribution is 2.34. The third-order valence-corrected chi connectivity index (χ3v) is 8.42. The minimum atomic E-state index is -0.238. The summed E-state index contributed by atoms with van der Waals surface area (Å²) in [4.78, 5) is 50.1. The van der Waals surface area contributed by atoms with Crippen LogP contribution in [0.1, 0.15) is 58.2 Å². The number of morpholine rings is 1. The van der Waals surface area contributed by atoms with Crippen molar-refractivity contribution in [2.75, 3.05) is 44.4 Å². The number of nitrogens with zero attached hydrogens (tertiary/aromatic N) is 3. The van der Waals surface area contributed by atoms with Gasteiger partial charge >= 0.3 is 0 Å². The zero-order valence-electron chi connectivity index (χ0n) is 25.5. The molecule has 2 saturated heterocycles. The molecule has 2 aliphatic heterocycles. The van der Waals surface area contributed by atoms with Crippen LogP contribution < -0.4 is 15.8 Å². The molecule has 1 aromatic carbocycles. The van der Waals surface area contributed by atoms with Gasteiger partial charge < -0.3 is 29.6 Å². The number of ether oxygens (including phenoxy) is 2. The molecule has 0 saturated carbocycles. The number of pyridine rings is 2. The number of anilines is 1. The Labute approximate surface area is 252 Å². The summed E-state index contributed by atoms with van der Waals surface area (Å²) < 4.78 is 10.9. The monoisotopic (exact) mass is 587 g/mol. The van der Waals surface area contributed by atoms with Crippen molar-refractivity contribution in [3.63, 3.8) is 0 Å². The first-order valence-corrected chi connectivity index (χ1v) is 15.0. The molecule has 0 unspecified atom stereocenters. The quantitative estimate of drug-likeness (QED) is 0.393. The average molecular weight is 588 g/mol. The van der Waals surface area contributed by atoms with E-state index in [4.69, 9.17) is 9.47 Å². The number of amides is 2. The van der Waals surface area contributed by atoms with E-state index in [1.54, 1.807) is 11.1 Å². The maximum atomic E-state index is 13.7. The number of nitrogens with one attached hydrogen (secondary N) is 2. The molecule has 2 aliphatic rings. The van der Waals surface area contributed by atoms with Gasteiger partial charge in [0, 0.05) is 73.2 Å². The van der Waals surface area contributed by atoms with Crippen LogP contribution in [0.25, 0.3) is 11.1 Å². The summed E-state index contributed by atoms with van der Waals surface area (Å²) in [7, 11) is 0. The maximum Gasteiger partial charge on any atom is 0.253 e. The number of carbonyl (C=O) groups is 2. The molecule has 2 fully saturated rings. The van der Waals surface area contributed by atoms with Gasteiger partial charge in [-0.1, -0.05) is 6.07 Å². The molecule has 2 N–H and O–H groups in total. The van der Waals surface area contributed by atoms with Gasteiger partial charge in [0.1, 0.15) is 6.61 Å². The Morgan fingerprint density at radius 1 is 1.07 bits per heavy atom. The molecule has 2 amide bonds. The molecule has 0 atom stereocenters. The van der Waals surface area contributed by atoms with Crippen LogP contribution in [-0.2, 0) is 27.4 Å². The average Bonchev–Trinajstić information content (AvgIpc) is 3.00. The van der Waals surface area contributed by atoms with Gasteiger partial charge in [-0.15, -0.1) is 0 Å². The number of aromatic amines is 1. The van der Waals surface area contributed by atoms with E-state index in [0.717, 1.165) is 58.7 Å². The van der Waals surface area contributed by atoms with Gasteiger partial charge in [0.15, 0.2) is 0 Å². The lowest BCUT2D eigenvalue weighted by Gasteiger charge is -2.37. The van der Waals surface area contributed by atoms with E-state index in [2.05, 4.69) is 33.2 Å². The van der Waals surface area contributed by atoms with Crippen LogP contribution in [-0.4, -0.2) is 72.2 Å². The Hall–Kier alpha value is -4.02. The van der Waals surface area contributed by atoms with Gasteiger partial charge in [-0.05, 0) is 81.5 Å². The minimum absolute atomic E-state index is 0.0356. The highest BCUT2D eigenvalue weighted by molar-refractivity contribution is 5.99. The fraction of sp³-hybridized carbons (Fsp3) is 0.455. The molecule has 2 aromatic heterocycles. The molecule has 0 radical (unpaired) electrons. The molecule has 3 aromatic rings. The molecular formula is C33H41N5O5. The van der Waals surface area contributed by atoms with Crippen molar-refractivity contribution in [2.24, 2.45) is 0 Å². The standard InChI is InChI=1S/C33H41N5O5/c1-5-38(27-8-11-42-12-9-27)30-16-25(24-6-7-26(34-17-24)19-37-10-13-43-20-31(37)39)15-28(23(30)4)32(40)35-18-29-21(2)14-22(3)36-33(29)41/h6-7,14-17,27H,5,8-13,18-20H2,1-4H3,(H,35,40)(H,36,41). The first kappa shape index (κ1) is 30.4. The van der Waals surface area contributed by atoms with Crippen LogP contribution in [0.15, 0.2) is 41.3 Å². The van der Waals surface area contributed by atoms with Crippen LogP contribution in [0, 0.1) is 20.8 Å². The number of hydrogen-bond donors (Lipinski definition) is 2. The Morgan fingerprint density at radius 3 is 2.53 bits per heavy atom. The summed E-state index contributed by atoms with van der Waals surface area (Å²) in [5, 5.41) is 3.00. The molecule has 5 rings (SSSR count). The largest absolute Gasteiger partial charge is 0.381 e. The highest BCUT2D eigenvalue weighted by atomic mass is 16.5. The summed E-state index contributed by atoms with van der Waals surface area (Å²) in [5.74, 6) is -0.273. The third kappa shape index (κ3) is 6.97. The number of benzene rings is 1. The van der Waals surface area contributed by atoms with Gasteiger partial charge in [-0.3, -0.25) is 19.4 Å². The van der Waals surface area contributed by atoms with Gasteiger partial charge in [-0.2, -0.15) is 0 Å². The molecule has 228 valence electrons. The lowest BCUT2D eigenvalue weighted by Crippen LogP contribution is -2.41. The topological polar surface area (TPSA) is 117 Å². The molecule has 43 heavy (non-hydrogen) atoms. The number of carbonyl (C=O) groups excluding carboxylic acids is 2. The maximum absolute atomic E-state index is 13.7. The summed E-state index contributed by atoms with van der Waals surface area (Å²) in [6, 6.07) is 10.2. The fourth-order valence-corrected chi connectivity index (χ4v) is 5.99. The number of aryl methyl sites for hydroxylation is 2. The van der Waals surface area contributed by atoms with Gasteiger partial charge in [0.05, 0.1) is 18.8 Å². The van der Waals surface area contributed by atoms with Gasteiger partial charge in [-0.25, -0.2) is 0 Å². The van der Waals surface area contributed by atoms with Crippen molar-refractivity contribution in [3.8, 4) is 11.1 Å². The van der Waals surface area contributed by atoms with E-state index in [-0.39, 0.29) is 30.5 Å². The highest BCUT2D eigenvalue weighted by Gasteiger charge is 2.25. The molecule has 0 aliphatic carbocycles. The molecular weight excluding hydrogens is 546 g/mol. The Bertz CT molecular complexity index is 1530. The van der Waals surface area contributed by atoms with Crippen LogP contribution in [0.4, 0.5) is 5.69 Å². The van der Waals surface area contributed by atoms with Crippen molar-refractivity contribution in [3.05, 3.63) is 80.5 Å². The summed E-state index contributed by atoms with van der Waals surface area (Å²) in [6.45, 7) is 11.8. The Balaban J connectivity index is 1.47. The predicted octanol–water partition coefficient (Wildman–Crippen LogP) is 3.66. The minimum Gasteiger partial charge on any atom is -0.381 e. The zero-order valence-corrected chi connectivity index (χ0v) is 25.5. The zero-order chi connectivity index (χ0) is 30.5. The van der Waals surface area contributed by atoms with Crippen molar-refractivity contribution in [2.45, 2.75) is 59.7 Å². The number of H-pyrrole nitrogens is 1. The molecule has 10 heteroatoms. The molecule has 0 spiro atoms. The van der Waals surface area contributed by atoms with Crippen LogP contribution in [0.5, 0.6) is 0 Å². The van der Waals surface area contributed by atoms with Gasteiger partial charge in [0.2, 0.25) is 5.91 Å². The van der Waals surface area contributed by atoms with Crippen molar-refractivity contribution >= 4 is 17.5 Å². The Kier molecular flexibility index (Phi) is 9.57. The van der Waals surface area contributed by atoms with E-state index < -0.39 is 0 Å². The van der Waals surface area contributed by atoms with E-state index in [1.807, 2.05) is 45.0 Å². The second-order valence-electron chi connectivity index (χ2n) is 11.3. The third-order valence-electron chi connectivity index (χ3n) is 8.42. The van der Waals surface area contributed by atoms with Crippen LogP contribution in [0.2, 0.25) is 0 Å². The smallest absolute Gasteiger partial charge is 0.253 e. The molecule has 10 nitrogen and oxygen atoms in total. The summed E-state index contributed by atoms with van der Waals surface area (Å²) >= 11 is 0. The number of aromatic nitrogens is 2. The lowest BCUT2D eigenvalue weighted by atomic mass is 9.95. The number of rotatable bonds is 9. The first-order chi connectivity index (χ1) is 20.7. The first-order valence-electron chi connectivity index (χ1n) is 15.0. The summed E-state index contributed by atoms with van der Waals surface area (Å²) in [5.41, 5.74) is 6.98. The lowest BCUT2D eigenvalue weighted by molar-refractivity contribution is -0.143. The van der Waals surface area contributed by atoms with Crippen molar-refractivity contribution in [1.29, 1.82) is 0 Å². The van der Waals surface area contributed by atoms with Crippen LogP contribution >= 0.6 is 0 Å². The second-order valence-corrected chi connectivity index (χ2v) is 11.3. The normalized spacial score (nSPS) is 15.9. The summed E-state index contributed by atoms with van der Waals surface area (Å²) in [6.07, 6.45) is 3.65. The van der Waals surface area contributed by atoms with Crippen LogP contribution in [0.3, 0.4) is 0 Å². The van der Waals surface area contributed by atoms with Gasteiger partial charge in [0.25, 0.3) is 11.5 Å². The SMILES string of the molecule is CCN(c1cc(-c2ccc(CN3CCOCC3=O)nc2)cc(C(=O)NCc2c(C)cc(C)[nH]c2=O)c1C)C1CCOCC1. The van der Waals surface area contributed by atoms with E-state index in [9.17, 15) is 14.4 Å². The van der Waals surface area contributed by atoms with Crippen molar-refractivity contribution in [1.82, 2.24) is 20.2 Å². The van der Waals surface area contributed by atoms with E-state index in [0.29, 0.717) is 50.1 Å². The molecule has 0 bridgehead atoms. The van der Waals surface area contributed by atoms with E-state index in [1.165, 1.54) is 0 Å². The van der Waals surface area contributed by atoms with Crippen molar-refractivity contribution < 1.29 is 19.1 Å². The van der Waals surface area contributed by atoms with E-state index >= 15 is 0 Å². The predicted molar refractivity (Wildman–Crippen MR) is 165 cm³/mol. The molecule has 4 heterocycles. The second kappa shape index (κ2) is 13.5. The fourth-order valence-electron chi connectivity index (χ4n) is 5.99. The Morgan fingerprint density at radius 2 is 1.86 bits per heavy atom.